The van der Waals surface area contributed by atoms with Crippen molar-refractivity contribution in [2.24, 2.45) is 0 Å². The van der Waals surface area contributed by atoms with Gasteiger partial charge in [-0.1, -0.05) is 37.3 Å². The van der Waals surface area contributed by atoms with Crippen molar-refractivity contribution in [1.29, 1.82) is 0 Å². The summed E-state index contributed by atoms with van der Waals surface area (Å²) in [5, 5.41) is 6.24. The van der Waals surface area contributed by atoms with Gasteiger partial charge in [0.2, 0.25) is 5.91 Å². The van der Waals surface area contributed by atoms with Crippen LogP contribution in [0.4, 0.5) is 0 Å². The van der Waals surface area contributed by atoms with Crippen LogP contribution in [0.15, 0.2) is 30.3 Å². The van der Waals surface area contributed by atoms with Gasteiger partial charge in [-0.25, -0.2) is 0 Å². The predicted molar refractivity (Wildman–Crippen MR) is 75.4 cm³/mol. The van der Waals surface area contributed by atoms with Crippen molar-refractivity contribution in [2.75, 3.05) is 6.54 Å². The number of rotatable bonds is 6. The summed E-state index contributed by atoms with van der Waals surface area (Å²) in [6.07, 6.45) is 0.924. The van der Waals surface area contributed by atoms with Gasteiger partial charge >= 0.3 is 0 Å². The highest BCUT2D eigenvalue weighted by Gasteiger charge is 2.17. The third-order valence-electron chi connectivity index (χ3n) is 3.23. The maximum absolute atomic E-state index is 11.8. The maximum atomic E-state index is 11.8. The Morgan fingerprint density at radius 3 is 2.44 bits per heavy atom. The van der Waals surface area contributed by atoms with Gasteiger partial charge in [-0.2, -0.15) is 0 Å². The van der Waals surface area contributed by atoms with Crippen molar-refractivity contribution in [2.45, 2.75) is 45.7 Å². The van der Waals surface area contributed by atoms with Crippen molar-refractivity contribution in [1.82, 2.24) is 10.6 Å². The molecule has 1 atom stereocenters. The monoisotopic (exact) mass is 248 g/mol. The number of hydrogen-bond acceptors (Lipinski definition) is 2. The van der Waals surface area contributed by atoms with E-state index in [0.717, 1.165) is 6.42 Å². The van der Waals surface area contributed by atoms with Gasteiger partial charge < -0.3 is 10.6 Å². The first kappa shape index (κ1) is 14.7. The Kier molecular flexibility index (Phi) is 5.35. The van der Waals surface area contributed by atoms with E-state index >= 15 is 0 Å². The Bertz CT molecular complexity index is 373. The van der Waals surface area contributed by atoms with Crippen LogP contribution in [-0.4, -0.2) is 18.0 Å². The SMILES string of the molecule is CCC(C)(C)NC(=O)CN[C@@H](C)c1ccccc1. The highest BCUT2D eigenvalue weighted by Crippen LogP contribution is 2.10. The van der Waals surface area contributed by atoms with Crippen LogP contribution in [0.1, 0.15) is 45.7 Å². The largest absolute Gasteiger partial charge is 0.350 e. The predicted octanol–water partition coefficient (Wildman–Crippen LogP) is 2.64. The Morgan fingerprint density at radius 2 is 1.89 bits per heavy atom. The van der Waals surface area contributed by atoms with Crippen molar-refractivity contribution >= 4 is 5.91 Å². The molecule has 0 fully saturated rings. The summed E-state index contributed by atoms with van der Waals surface area (Å²) in [5.41, 5.74) is 1.06. The van der Waals surface area contributed by atoms with E-state index in [1.807, 2.05) is 32.0 Å². The number of carbonyl (C=O) groups excluding carboxylic acids is 1. The molecule has 1 aromatic carbocycles. The fraction of sp³-hybridized carbons (Fsp3) is 0.533. The highest BCUT2D eigenvalue weighted by atomic mass is 16.2. The zero-order chi connectivity index (χ0) is 13.6. The second-order valence-corrected chi connectivity index (χ2v) is 5.30. The normalized spacial score (nSPS) is 13.1. The molecule has 3 heteroatoms. The van der Waals surface area contributed by atoms with E-state index < -0.39 is 0 Å². The molecule has 3 nitrogen and oxygen atoms in total. The molecule has 18 heavy (non-hydrogen) atoms. The average molecular weight is 248 g/mol. The number of benzene rings is 1. The van der Waals surface area contributed by atoms with Crippen LogP contribution in [0, 0.1) is 0 Å². The van der Waals surface area contributed by atoms with Crippen molar-refractivity contribution < 1.29 is 4.79 Å². The molecular weight excluding hydrogens is 224 g/mol. The van der Waals surface area contributed by atoms with Gasteiger partial charge in [0.25, 0.3) is 0 Å². The standard InChI is InChI=1S/C15H24N2O/c1-5-15(3,4)17-14(18)11-16-12(2)13-9-7-6-8-10-13/h6-10,12,16H,5,11H2,1-4H3,(H,17,18)/t12-/m0/s1. The van der Waals surface area contributed by atoms with E-state index in [4.69, 9.17) is 0 Å². The fourth-order valence-electron chi connectivity index (χ4n) is 1.62. The lowest BCUT2D eigenvalue weighted by molar-refractivity contribution is -0.122. The zero-order valence-electron chi connectivity index (χ0n) is 11.8. The van der Waals surface area contributed by atoms with Gasteiger partial charge in [-0.3, -0.25) is 4.79 Å². The first-order chi connectivity index (χ1) is 8.44. The zero-order valence-corrected chi connectivity index (χ0v) is 11.8. The van der Waals surface area contributed by atoms with Crippen LogP contribution in [0.5, 0.6) is 0 Å². The van der Waals surface area contributed by atoms with Gasteiger partial charge in [-0.15, -0.1) is 0 Å². The Hall–Kier alpha value is -1.35. The van der Waals surface area contributed by atoms with Crippen LogP contribution in [-0.2, 0) is 4.79 Å². The molecule has 0 saturated carbocycles. The van der Waals surface area contributed by atoms with Crippen LogP contribution < -0.4 is 10.6 Å². The van der Waals surface area contributed by atoms with Crippen LogP contribution in [0.2, 0.25) is 0 Å². The Balaban J connectivity index is 2.39. The van der Waals surface area contributed by atoms with Crippen molar-refractivity contribution in [3.8, 4) is 0 Å². The highest BCUT2D eigenvalue weighted by molar-refractivity contribution is 5.78. The van der Waals surface area contributed by atoms with Gasteiger partial charge in [0.05, 0.1) is 6.54 Å². The number of carbonyl (C=O) groups is 1. The van der Waals surface area contributed by atoms with Gasteiger partial charge in [0, 0.05) is 11.6 Å². The molecule has 100 valence electrons. The summed E-state index contributed by atoms with van der Waals surface area (Å²) < 4.78 is 0. The molecular formula is C15H24N2O. The number of amides is 1. The molecule has 1 rings (SSSR count). The average Bonchev–Trinajstić information content (AvgIpc) is 2.36. The molecule has 0 unspecified atom stereocenters. The van der Waals surface area contributed by atoms with E-state index in [1.54, 1.807) is 0 Å². The summed E-state index contributed by atoms with van der Waals surface area (Å²) in [5.74, 6) is 0.0460. The lowest BCUT2D eigenvalue weighted by Crippen LogP contribution is -2.46. The van der Waals surface area contributed by atoms with Crippen molar-refractivity contribution in [3.63, 3.8) is 0 Å². The summed E-state index contributed by atoms with van der Waals surface area (Å²) in [6.45, 7) is 8.55. The third kappa shape index (κ3) is 4.88. The minimum Gasteiger partial charge on any atom is -0.350 e. The summed E-state index contributed by atoms with van der Waals surface area (Å²) in [4.78, 5) is 11.8. The van der Waals surface area contributed by atoms with Crippen molar-refractivity contribution in [3.05, 3.63) is 35.9 Å². The smallest absolute Gasteiger partial charge is 0.234 e. The molecule has 1 amide bonds. The number of nitrogens with one attached hydrogen (secondary N) is 2. The molecule has 0 saturated heterocycles. The Morgan fingerprint density at radius 1 is 1.28 bits per heavy atom. The lowest BCUT2D eigenvalue weighted by Gasteiger charge is -2.25. The molecule has 0 heterocycles. The van der Waals surface area contributed by atoms with Crippen LogP contribution in [0.3, 0.4) is 0 Å². The first-order valence-electron chi connectivity index (χ1n) is 6.54. The molecule has 0 aromatic heterocycles. The quantitative estimate of drug-likeness (QED) is 0.812. The van der Waals surface area contributed by atoms with E-state index in [1.165, 1.54) is 5.56 Å². The topological polar surface area (TPSA) is 41.1 Å². The van der Waals surface area contributed by atoms with Crippen LogP contribution >= 0.6 is 0 Å². The number of hydrogen-bond donors (Lipinski definition) is 2. The molecule has 1 aromatic rings. The third-order valence-corrected chi connectivity index (χ3v) is 3.23. The van der Waals surface area contributed by atoms with Gasteiger partial charge in [0.1, 0.15) is 0 Å². The Labute approximate surface area is 110 Å². The molecule has 0 radical (unpaired) electrons. The first-order valence-corrected chi connectivity index (χ1v) is 6.54. The maximum Gasteiger partial charge on any atom is 0.234 e. The lowest BCUT2D eigenvalue weighted by atomic mass is 10.0. The van der Waals surface area contributed by atoms with E-state index in [-0.39, 0.29) is 17.5 Å². The minimum atomic E-state index is -0.130. The molecule has 0 bridgehead atoms. The van der Waals surface area contributed by atoms with Gasteiger partial charge in [0.15, 0.2) is 0 Å². The molecule has 0 aliphatic carbocycles. The molecule has 0 aliphatic rings. The molecule has 0 aliphatic heterocycles. The van der Waals surface area contributed by atoms with Crippen LogP contribution in [0.25, 0.3) is 0 Å². The summed E-state index contributed by atoms with van der Waals surface area (Å²) in [6, 6.07) is 10.3. The van der Waals surface area contributed by atoms with E-state index in [2.05, 4.69) is 36.6 Å². The second kappa shape index (κ2) is 6.55. The molecule has 2 N–H and O–H groups in total. The molecule has 0 spiro atoms. The van der Waals surface area contributed by atoms with E-state index in [0.29, 0.717) is 6.54 Å². The van der Waals surface area contributed by atoms with E-state index in [9.17, 15) is 4.79 Å². The van der Waals surface area contributed by atoms with Gasteiger partial charge in [-0.05, 0) is 32.8 Å². The minimum absolute atomic E-state index is 0.0460. The summed E-state index contributed by atoms with van der Waals surface area (Å²) >= 11 is 0. The second-order valence-electron chi connectivity index (χ2n) is 5.30. The fourth-order valence-corrected chi connectivity index (χ4v) is 1.62. The summed E-state index contributed by atoms with van der Waals surface area (Å²) in [7, 11) is 0.